The van der Waals surface area contributed by atoms with Crippen molar-refractivity contribution in [2.75, 3.05) is 11.9 Å². The fourth-order valence-electron chi connectivity index (χ4n) is 3.54. The monoisotopic (exact) mass is 298 g/mol. The first-order valence-corrected chi connectivity index (χ1v) is 7.95. The molecule has 2 fully saturated rings. The average molecular weight is 299 g/mol. The molecule has 1 aromatic carbocycles. The van der Waals surface area contributed by atoms with Crippen molar-refractivity contribution in [1.29, 1.82) is 0 Å². The van der Waals surface area contributed by atoms with E-state index in [1.54, 1.807) is 0 Å². The van der Waals surface area contributed by atoms with E-state index in [1.165, 1.54) is 38.6 Å². The van der Waals surface area contributed by atoms with Gasteiger partial charge in [0, 0.05) is 12.1 Å². The number of hydrogen-bond acceptors (Lipinski definition) is 2. The van der Waals surface area contributed by atoms with Gasteiger partial charge in [0.2, 0.25) is 0 Å². The van der Waals surface area contributed by atoms with Crippen molar-refractivity contribution < 1.29 is 0 Å². The summed E-state index contributed by atoms with van der Waals surface area (Å²) in [6.45, 7) is 1.17. The second kappa shape index (κ2) is 5.90. The topological polar surface area (TPSA) is 24.1 Å². The quantitative estimate of drug-likeness (QED) is 0.868. The second-order valence-corrected chi connectivity index (χ2v) is 6.43. The molecule has 0 radical (unpaired) electrons. The summed E-state index contributed by atoms with van der Waals surface area (Å²) < 4.78 is 0. The minimum absolute atomic E-state index is 0.520. The van der Waals surface area contributed by atoms with Gasteiger partial charge in [0.15, 0.2) is 0 Å². The Hall–Kier alpha value is -0.440. The highest BCUT2D eigenvalue weighted by atomic mass is 35.5. The summed E-state index contributed by atoms with van der Waals surface area (Å²) in [4.78, 5) is 0. The van der Waals surface area contributed by atoms with Crippen LogP contribution >= 0.6 is 23.2 Å². The van der Waals surface area contributed by atoms with Crippen LogP contribution in [0.5, 0.6) is 0 Å². The minimum Gasteiger partial charge on any atom is -0.381 e. The van der Waals surface area contributed by atoms with Gasteiger partial charge < -0.3 is 10.6 Å². The maximum atomic E-state index is 6.27. The fourth-order valence-corrected chi connectivity index (χ4v) is 3.90. The number of halogens is 2. The van der Waals surface area contributed by atoms with Crippen molar-refractivity contribution in [1.82, 2.24) is 5.32 Å². The van der Waals surface area contributed by atoms with Crippen molar-refractivity contribution in [2.45, 2.75) is 44.2 Å². The first-order chi connectivity index (χ1) is 9.25. The highest BCUT2D eigenvalue weighted by Gasteiger charge is 2.35. The standard InChI is InChI=1S/C15H20Cl2N2/c16-11-5-2-7-14(15(11)17)19-13-6-1-4-10(13)12-8-3-9-18-12/h2,5,7,10,12-13,18-19H,1,3-4,6,8-9H2. The van der Waals surface area contributed by atoms with Crippen LogP contribution in [0.3, 0.4) is 0 Å². The van der Waals surface area contributed by atoms with Crippen LogP contribution in [0.25, 0.3) is 0 Å². The number of hydrogen-bond donors (Lipinski definition) is 2. The van der Waals surface area contributed by atoms with Gasteiger partial charge in [-0.2, -0.15) is 0 Å². The lowest BCUT2D eigenvalue weighted by Crippen LogP contribution is -2.38. The summed E-state index contributed by atoms with van der Waals surface area (Å²) in [6.07, 6.45) is 6.47. The van der Waals surface area contributed by atoms with Crippen molar-refractivity contribution in [3.05, 3.63) is 28.2 Å². The molecule has 1 heterocycles. The van der Waals surface area contributed by atoms with Crippen LogP contribution in [-0.4, -0.2) is 18.6 Å². The number of nitrogens with one attached hydrogen (secondary N) is 2. The number of benzene rings is 1. The molecule has 3 rings (SSSR count). The SMILES string of the molecule is Clc1cccc(NC2CCCC2C2CCCN2)c1Cl. The Kier molecular flexibility index (Phi) is 4.21. The normalized spacial score (nSPS) is 30.7. The molecule has 2 nitrogen and oxygen atoms in total. The Morgan fingerprint density at radius 2 is 2.00 bits per heavy atom. The molecule has 4 heteroatoms. The van der Waals surface area contributed by atoms with Gasteiger partial charge in [-0.05, 0) is 50.3 Å². The molecule has 2 aliphatic rings. The predicted molar refractivity (Wildman–Crippen MR) is 82.2 cm³/mol. The fraction of sp³-hybridized carbons (Fsp3) is 0.600. The van der Waals surface area contributed by atoms with Crippen LogP contribution in [0.2, 0.25) is 10.0 Å². The van der Waals surface area contributed by atoms with E-state index in [9.17, 15) is 0 Å². The Labute approximate surface area is 124 Å². The third-order valence-corrected chi connectivity index (χ3v) is 5.30. The lowest BCUT2D eigenvalue weighted by molar-refractivity contribution is 0.376. The molecule has 2 N–H and O–H groups in total. The van der Waals surface area contributed by atoms with Crippen LogP contribution in [0.15, 0.2) is 18.2 Å². The zero-order valence-electron chi connectivity index (χ0n) is 11.0. The van der Waals surface area contributed by atoms with E-state index < -0.39 is 0 Å². The third kappa shape index (κ3) is 2.86. The molecule has 1 aliphatic heterocycles. The zero-order chi connectivity index (χ0) is 13.2. The first kappa shape index (κ1) is 13.5. The van der Waals surface area contributed by atoms with Crippen LogP contribution in [0, 0.1) is 5.92 Å². The van der Waals surface area contributed by atoms with Gasteiger partial charge in [0.05, 0.1) is 15.7 Å². The van der Waals surface area contributed by atoms with Crippen molar-refractivity contribution in [3.63, 3.8) is 0 Å². The molecular weight excluding hydrogens is 279 g/mol. The van der Waals surface area contributed by atoms with Crippen LogP contribution < -0.4 is 10.6 Å². The summed E-state index contributed by atoms with van der Waals surface area (Å²) in [7, 11) is 0. The van der Waals surface area contributed by atoms with E-state index in [2.05, 4.69) is 10.6 Å². The summed E-state index contributed by atoms with van der Waals surface area (Å²) >= 11 is 12.3. The summed E-state index contributed by atoms with van der Waals surface area (Å²) in [6, 6.07) is 7.00. The van der Waals surface area contributed by atoms with E-state index in [-0.39, 0.29) is 0 Å². The van der Waals surface area contributed by atoms with E-state index in [1.807, 2.05) is 18.2 Å². The van der Waals surface area contributed by atoms with Crippen molar-refractivity contribution >= 4 is 28.9 Å². The first-order valence-electron chi connectivity index (χ1n) is 7.19. The Morgan fingerprint density at radius 1 is 1.11 bits per heavy atom. The summed E-state index contributed by atoms with van der Waals surface area (Å²) in [5.41, 5.74) is 0.976. The highest BCUT2D eigenvalue weighted by Crippen LogP contribution is 2.36. The predicted octanol–water partition coefficient (Wildman–Crippen LogP) is 4.33. The average Bonchev–Trinajstić information content (AvgIpc) is 3.05. The van der Waals surface area contributed by atoms with Crippen molar-refractivity contribution in [3.8, 4) is 0 Å². The largest absolute Gasteiger partial charge is 0.381 e. The van der Waals surface area contributed by atoms with E-state index in [0.29, 0.717) is 22.1 Å². The Morgan fingerprint density at radius 3 is 2.79 bits per heavy atom. The van der Waals surface area contributed by atoms with Crippen molar-refractivity contribution in [2.24, 2.45) is 5.92 Å². The molecule has 0 amide bonds. The van der Waals surface area contributed by atoms with Gasteiger partial charge in [0.1, 0.15) is 0 Å². The molecule has 3 atom stereocenters. The van der Waals surface area contributed by atoms with Gasteiger partial charge in [-0.25, -0.2) is 0 Å². The molecule has 0 aromatic heterocycles. The molecule has 1 saturated carbocycles. The Bertz CT molecular complexity index is 444. The van der Waals surface area contributed by atoms with Gasteiger partial charge >= 0.3 is 0 Å². The molecule has 0 spiro atoms. The van der Waals surface area contributed by atoms with Crippen LogP contribution in [-0.2, 0) is 0 Å². The molecule has 19 heavy (non-hydrogen) atoms. The van der Waals surface area contributed by atoms with Crippen LogP contribution in [0.4, 0.5) is 5.69 Å². The minimum atomic E-state index is 0.520. The Balaban J connectivity index is 1.72. The van der Waals surface area contributed by atoms with Gasteiger partial charge in [-0.3, -0.25) is 0 Å². The molecule has 3 unspecified atom stereocenters. The molecule has 1 aliphatic carbocycles. The maximum absolute atomic E-state index is 6.27. The molecule has 104 valence electrons. The third-order valence-electron chi connectivity index (χ3n) is 4.48. The number of anilines is 1. The highest BCUT2D eigenvalue weighted by molar-refractivity contribution is 6.43. The van der Waals surface area contributed by atoms with Gasteiger partial charge in [-0.15, -0.1) is 0 Å². The maximum Gasteiger partial charge on any atom is 0.0823 e. The van der Waals surface area contributed by atoms with E-state index >= 15 is 0 Å². The van der Waals surface area contributed by atoms with Crippen LogP contribution in [0.1, 0.15) is 32.1 Å². The number of rotatable bonds is 3. The lowest BCUT2D eigenvalue weighted by Gasteiger charge is -2.27. The summed E-state index contributed by atoms with van der Waals surface area (Å²) in [5, 5.41) is 8.53. The summed E-state index contributed by atoms with van der Waals surface area (Å²) in [5.74, 6) is 0.720. The zero-order valence-corrected chi connectivity index (χ0v) is 12.5. The molecule has 1 aromatic rings. The van der Waals surface area contributed by atoms with Gasteiger partial charge in [0.25, 0.3) is 0 Å². The lowest BCUT2D eigenvalue weighted by atomic mass is 9.93. The smallest absolute Gasteiger partial charge is 0.0823 e. The van der Waals surface area contributed by atoms with Gasteiger partial charge in [-0.1, -0.05) is 35.7 Å². The van der Waals surface area contributed by atoms with E-state index in [4.69, 9.17) is 23.2 Å². The molecular formula is C15H20Cl2N2. The molecule has 0 bridgehead atoms. The second-order valence-electron chi connectivity index (χ2n) is 5.65. The molecule has 1 saturated heterocycles. The van der Waals surface area contributed by atoms with E-state index in [0.717, 1.165) is 11.6 Å².